The fraction of sp³-hybridized carbons (Fsp3) is 0.300. The molecule has 1 aromatic rings. The van der Waals surface area contributed by atoms with Crippen molar-refractivity contribution in [1.82, 2.24) is 5.32 Å². The molecule has 0 spiro atoms. The van der Waals surface area contributed by atoms with Gasteiger partial charge in [0.1, 0.15) is 0 Å². The van der Waals surface area contributed by atoms with Crippen LogP contribution in [0.25, 0.3) is 0 Å². The predicted molar refractivity (Wildman–Crippen MR) is 62.2 cm³/mol. The second-order valence-electron chi connectivity index (χ2n) is 3.17. The van der Waals surface area contributed by atoms with Gasteiger partial charge in [-0.15, -0.1) is 0 Å². The third-order valence-electron chi connectivity index (χ3n) is 2.02. The van der Waals surface area contributed by atoms with Gasteiger partial charge in [-0.25, -0.2) is 0 Å². The van der Waals surface area contributed by atoms with E-state index >= 15 is 0 Å². The Morgan fingerprint density at radius 3 is 2.67 bits per heavy atom. The minimum Gasteiger partial charge on any atom is -0.358 e. The van der Waals surface area contributed by atoms with Gasteiger partial charge in [0.2, 0.25) is 5.91 Å². The first-order valence-corrected chi connectivity index (χ1v) is 5.21. The number of benzene rings is 1. The van der Waals surface area contributed by atoms with Crippen LogP contribution in [0.5, 0.6) is 0 Å². The highest BCUT2D eigenvalue weighted by Crippen LogP contribution is 2.22. The Bertz CT molecular complexity index is 368. The second-order valence-corrected chi connectivity index (χ2v) is 3.99. The fourth-order valence-corrected chi connectivity index (χ4v) is 1.52. The zero-order chi connectivity index (χ0) is 11.4. The van der Waals surface area contributed by atoms with Crippen molar-refractivity contribution in [3.63, 3.8) is 0 Å². The monoisotopic (exact) mass is 246 g/mol. The molecular formula is C10H12Cl2N2O. The predicted octanol–water partition coefficient (Wildman–Crippen LogP) is 1.61. The van der Waals surface area contributed by atoms with Gasteiger partial charge in [-0.2, -0.15) is 0 Å². The number of hydrogen-bond acceptors (Lipinski definition) is 2. The lowest BCUT2D eigenvalue weighted by atomic mass is 10.1. The van der Waals surface area contributed by atoms with E-state index in [1.165, 1.54) is 0 Å². The number of amides is 1. The van der Waals surface area contributed by atoms with E-state index in [1.54, 1.807) is 25.2 Å². The average Bonchev–Trinajstić information content (AvgIpc) is 2.22. The Morgan fingerprint density at radius 2 is 2.13 bits per heavy atom. The van der Waals surface area contributed by atoms with Crippen LogP contribution in [-0.4, -0.2) is 19.0 Å². The van der Waals surface area contributed by atoms with Crippen molar-refractivity contribution in [2.45, 2.75) is 12.5 Å². The molecule has 0 unspecified atom stereocenters. The number of rotatable bonds is 3. The molecule has 3 N–H and O–H groups in total. The Kier molecular flexibility index (Phi) is 4.39. The minimum atomic E-state index is -0.563. The fourth-order valence-electron chi connectivity index (χ4n) is 1.20. The van der Waals surface area contributed by atoms with E-state index in [1.807, 2.05) is 0 Å². The quantitative estimate of drug-likeness (QED) is 0.852. The maximum Gasteiger partial charge on any atom is 0.237 e. The molecule has 0 saturated heterocycles. The van der Waals surface area contributed by atoms with Gasteiger partial charge in [0.05, 0.1) is 16.1 Å². The van der Waals surface area contributed by atoms with E-state index in [0.717, 1.165) is 5.56 Å². The largest absolute Gasteiger partial charge is 0.358 e. The topological polar surface area (TPSA) is 55.1 Å². The van der Waals surface area contributed by atoms with Gasteiger partial charge in [-0.05, 0) is 24.1 Å². The number of nitrogens with two attached hydrogens (primary N) is 1. The van der Waals surface area contributed by atoms with Crippen molar-refractivity contribution in [3.8, 4) is 0 Å². The standard InChI is InChI=1S/C10H12Cl2N2O/c1-14-10(15)9(13)5-6-2-3-7(11)8(12)4-6/h2-4,9H,5,13H2,1H3,(H,14,15)/t9-/m0/s1. The van der Waals surface area contributed by atoms with E-state index in [-0.39, 0.29) is 5.91 Å². The van der Waals surface area contributed by atoms with Gasteiger partial charge in [-0.1, -0.05) is 29.3 Å². The molecule has 0 heterocycles. The molecule has 1 atom stereocenters. The number of carbonyl (C=O) groups is 1. The van der Waals surface area contributed by atoms with Gasteiger partial charge in [0, 0.05) is 7.05 Å². The van der Waals surface area contributed by atoms with Crippen molar-refractivity contribution >= 4 is 29.1 Å². The lowest BCUT2D eigenvalue weighted by Gasteiger charge is -2.10. The third kappa shape index (κ3) is 3.38. The summed E-state index contributed by atoms with van der Waals surface area (Å²) in [4.78, 5) is 11.2. The number of nitrogens with one attached hydrogen (secondary N) is 1. The Labute approximate surface area is 98.5 Å². The first-order valence-electron chi connectivity index (χ1n) is 4.45. The molecule has 1 aromatic carbocycles. The second kappa shape index (κ2) is 5.35. The highest BCUT2D eigenvalue weighted by Gasteiger charge is 2.12. The number of likely N-dealkylation sites (N-methyl/N-ethyl adjacent to an activating group) is 1. The summed E-state index contributed by atoms with van der Waals surface area (Å²) in [7, 11) is 1.55. The number of halogens is 2. The first-order chi connectivity index (χ1) is 7.04. The number of carbonyl (C=O) groups excluding carboxylic acids is 1. The van der Waals surface area contributed by atoms with E-state index in [9.17, 15) is 4.79 Å². The minimum absolute atomic E-state index is 0.193. The summed E-state index contributed by atoms with van der Waals surface area (Å²) < 4.78 is 0. The molecule has 0 aliphatic rings. The third-order valence-corrected chi connectivity index (χ3v) is 2.76. The van der Waals surface area contributed by atoms with E-state index in [2.05, 4.69) is 5.32 Å². The van der Waals surface area contributed by atoms with Crippen LogP contribution in [0.2, 0.25) is 10.0 Å². The number of hydrogen-bond donors (Lipinski definition) is 2. The molecule has 0 bridgehead atoms. The summed E-state index contributed by atoms with van der Waals surface area (Å²) >= 11 is 11.6. The molecule has 1 rings (SSSR count). The highest BCUT2D eigenvalue weighted by molar-refractivity contribution is 6.42. The Morgan fingerprint density at radius 1 is 1.47 bits per heavy atom. The SMILES string of the molecule is CNC(=O)[C@@H](N)Cc1ccc(Cl)c(Cl)c1. The van der Waals surface area contributed by atoms with Crippen LogP contribution in [0, 0.1) is 0 Å². The van der Waals surface area contributed by atoms with E-state index < -0.39 is 6.04 Å². The highest BCUT2D eigenvalue weighted by atomic mass is 35.5. The van der Waals surface area contributed by atoms with E-state index in [4.69, 9.17) is 28.9 Å². The van der Waals surface area contributed by atoms with Crippen LogP contribution in [0.4, 0.5) is 0 Å². The molecule has 5 heteroatoms. The zero-order valence-corrected chi connectivity index (χ0v) is 9.77. The zero-order valence-electron chi connectivity index (χ0n) is 8.26. The maximum atomic E-state index is 11.2. The summed E-state index contributed by atoms with van der Waals surface area (Å²) in [6, 6.07) is 4.65. The molecule has 82 valence electrons. The molecule has 15 heavy (non-hydrogen) atoms. The maximum absolute atomic E-state index is 11.2. The van der Waals surface area contributed by atoms with Gasteiger partial charge >= 0.3 is 0 Å². The Hall–Kier alpha value is -0.770. The molecule has 0 saturated carbocycles. The van der Waals surface area contributed by atoms with Crippen LogP contribution in [0.3, 0.4) is 0 Å². The van der Waals surface area contributed by atoms with Crippen molar-refractivity contribution in [3.05, 3.63) is 33.8 Å². The van der Waals surface area contributed by atoms with Gasteiger partial charge in [0.15, 0.2) is 0 Å². The van der Waals surface area contributed by atoms with Crippen molar-refractivity contribution in [2.24, 2.45) is 5.73 Å². The molecule has 0 aliphatic carbocycles. The van der Waals surface area contributed by atoms with Crippen LogP contribution in [-0.2, 0) is 11.2 Å². The van der Waals surface area contributed by atoms with Crippen molar-refractivity contribution in [1.29, 1.82) is 0 Å². The molecule has 0 aromatic heterocycles. The van der Waals surface area contributed by atoms with Gasteiger partial charge < -0.3 is 11.1 Å². The lowest BCUT2D eigenvalue weighted by molar-refractivity contribution is -0.121. The Balaban J connectivity index is 2.73. The molecule has 1 amide bonds. The molecule has 0 aliphatic heterocycles. The van der Waals surface area contributed by atoms with Gasteiger partial charge in [0.25, 0.3) is 0 Å². The first kappa shape index (κ1) is 12.3. The van der Waals surface area contributed by atoms with Crippen LogP contribution in [0.1, 0.15) is 5.56 Å². The van der Waals surface area contributed by atoms with Crippen LogP contribution >= 0.6 is 23.2 Å². The van der Waals surface area contributed by atoms with Gasteiger partial charge in [-0.3, -0.25) is 4.79 Å². The summed E-state index contributed by atoms with van der Waals surface area (Å²) in [6.45, 7) is 0. The molecular weight excluding hydrogens is 235 g/mol. The summed E-state index contributed by atoms with van der Waals surface area (Å²) in [5.74, 6) is -0.193. The lowest BCUT2D eigenvalue weighted by Crippen LogP contribution is -2.40. The van der Waals surface area contributed by atoms with Crippen molar-refractivity contribution in [2.75, 3.05) is 7.05 Å². The molecule has 3 nitrogen and oxygen atoms in total. The summed E-state index contributed by atoms with van der Waals surface area (Å²) in [5, 5.41) is 3.45. The normalized spacial score (nSPS) is 12.3. The summed E-state index contributed by atoms with van der Waals surface area (Å²) in [6.07, 6.45) is 0.441. The molecule has 0 fully saturated rings. The molecule has 0 radical (unpaired) electrons. The van der Waals surface area contributed by atoms with Crippen LogP contribution in [0.15, 0.2) is 18.2 Å². The van der Waals surface area contributed by atoms with Crippen LogP contribution < -0.4 is 11.1 Å². The average molecular weight is 247 g/mol. The smallest absolute Gasteiger partial charge is 0.237 e. The van der Waals surface area contributed by atoms with Crippen molar-refractivity contribution < 1.29 is 4.79 Å². The van der Waals surface area contributed by atoms with E-state index in [0.29, 0.717) is 16.5 Å². The summed E-state index contributed by atoms with van der Waals surface area (Å²) in [5.41, 5.74) is 6.55.